The number of piperidine rings is 3. The zero-order chi connectivity index (χ0) is 73.6. The molecule has 8 amide bonds. The third kappa shape index (κ3) is 34.9. The van der Waals surface area contributed by atoms with E-state index < -0.39 is 6.17 Å². The van der Waals surface area contributed by atoms with Gasteiger partial charge in [-0.3, -0.25) is 38.4 Å². The number of aliphatic hydroxyl groups excluding tert-OH is 1. The van der Waals surface area contributed by atoms with Crippen molar-refractivity contribution in [1.82, 2.24) is 39.2 Å². The number of likely N-dealkylation sites (tertiary alicyclic amines) is 8. The lowest BCUT2D eigenvalue weighted by atomic mass is 9.92. The Kier molecular flexibility index (Phi) is 39.4. The molecular weight excluding hydrogens is 1230 g/mol. The molecule has 8 aliphatic heterocycles. The first kappa shape index (κ1) is 94.2. The molecular formula is C78H150FN9O9. The number of amides is 8. The van der Waals surface area contributed by atoms with Gasteiger partial charge in [0.25, 0.3) is 0 Å². The fraction of sp³-hybridized carbons (Fsp3) is 0.872. The predicted molar refractivity (Wildman–Crippen MR) is 399 cm³/mol. The van der Waals surface area contributed by atoms with Crippen LogP contribution in [0.2, 0.25) is 0 Å². The number of hydrogen-bond acceptors (Lipinski definition) is 10. The molecule has 568 valence electrons. The van der Waals surface area contributed by atoms with Gasteiger partial charge in [0.15, 0.2) is 0 Å². The largest absolute Gasteiger partial charge is 0.402 e. The van der Waals surface area contributed by atoms with Crippen molar-refractivity contribution in [2.45, 2.75) is 284 Å². The Morgan fingerprint density at radius 3 is 0.753 bits per heavy atom. The molecule has 0 aliphatic carbocycles. The van der Waals surface area contributed by atoms with Crippen LogP contribution in [0.25, 0.3) is 0 Å². The molecule has 0 radical (unpaired) electrons. The Labute approximate surface area is 593 Å². The second-order valence-electron chi connectivity index (χ2n) is 36.1. The molecule has 0 bridgehead atoms. The summed E-state index contributed by atoms with van der Waals surface area (Å²) in [7, 11) is 0. The molecule has 8 heterocycles. The Bertz CT molecular complexity index is 2330. The van der Waals surface area contributed by atoms with Crippen molar-refractivity contribution in [2.24, 2.45) is 60.9 Å². The maximum Gasteiger partial charge on any atom is 0.228 e. The molecule has 0 saturated carbocycles. The topological polar surface area (TPSA) is 209 Å². The highest BCUT2D eigenvalue weighted by molar-refractivity contribution is 5.85. The van der Waals surface area contributed by atoms with E-state index in [4.69, 9.17) is 5.73 Å². The van der Waals surface area contributed by atoms with Crippen molar-refractivity contribution in [3.8, 4) is 0 Å². The Morgan fingerprint density at radius 2 is 0.536 bits per heavy atom. The molecule has 2 atom stereocenters. The van der Waals surface area contributed by atoms with Gasteiger partial charge in [0, 0.05) is 147 Å². The number of hydrogen-bond donors (Lipinski definition) is 2. The second kappa shape index (κ2) is 40.6. The number of halogens is 1. The van der Waals surface area contributed by atoms with Crippen molar-refractivity contribution >= 4 is 47.3 Å². The van der Waals surface area contributed by atoms with Gasteiger partial charge in [0.1, 0.15) is 6.17 Å². The van der Waals surface area contributed by atoms with Crippen molar-refractivity contribution in [3.63, 3.8) is 0 Å². The highest BCUT2D eigenvalue weighted by Gasteiger charge is 2.38. The quantitative estimate of drug-likeness (QED) is 0.254. The second-order valence-corrected chi connectivity index (χ2v) is 36.1. The van der Waals surface area contributed by atoms with E-state index in [0.29, 0.717) is 54.2 Å². The third-order valence-corrected chi connectivity index (χ3v) is 17.6. The summed E-state index contributed by atoms with van der Waals surface area (Å²) in [6.07, 6.45) is 13.8. The molecule has 8 rings (SSSR count). The van der Waals surface area contributed by atoms with E-state index in [1.165, 1.54) is 70.6 Å². The fourth-order valence-electron chi connectivity index (χ4n) is 11.4. The first-order chi connectivity index (χ1) is 43.1. The number of alkyl halides is 1. The Morgan fingerprint density at radius 1 is 0.320 bits per heavy atom. The lowest BCUT2D eigenvalue weighted by molar-refractivity contribution is -0.147. The highest BCUT2D eigenvalue weighted by Crippen LogP contribution is 2.29. The average molecular weight is 1380 g/mol. The van der Waals surface area contributed by atoms with E-state index in [1.54, 1.807) is 9.80 Å². The Balaban J connectivity index is 0. The van der Waals surface area contributed by atoms with Gasteiger partial charge in [0.05, 0.1) is 19.2 Å². The summed E-state index contributed by atoms with van der Waals surface area (Å²) in [6.45, 7) is 65.8. The molecule has 97 heavy (non-hydrogen) atoms. The first-order valence-electron chi connectivity index (χ1n) is 36.2. The lowest BCUT2D eigenvalue weighted by Crippen LogP contribution is -2.54. The predicted octanol–water partition coefficient (Wildman–Crippen LogP) is 13.8. The molecule has 0 aromatic carbocycles. The van der Waals surface area contributed by atoms with Crippen LogP contribution in [0.1, 0.15) is 271 Å². The number of aliphatic hydroxyl groups is 1. The number of nitrogens with zero attached hydrogens (tertiary/aromatic N) is 8. The summed E-state index contributed by atoms with van der Waals surface area (Å²) in [6, 6.07) is 0. The van der Waals surface area contributed by atoms with E-state index in [-0.39, 0.29) is 95.1 Å². The van der Waals surface area contributed by atoms with Gasteiger partial charge in [-0.05, 0) is 89.4 Å². The molecule has 18 nitrogen and oxygen atoms in total. The van der Waals surface area contributed by atoms with E-state index in [1.807, 2.05) is 196 Å². The van der Waals surface area contributed by atoms with E-state index in [0.717, 1.165) is 97.3 Å². The van der Waals surface area contributed by atoms with Gasteiger partial charge in [-0.15, -0.1) is 0 Å². The van der Waals surface area contributed by atoms with Crippen LogP contribution in [0.5, 0.6) is 0 Å². The summed E-state index contributed by atoms with van der Waals surface area (Å²) >= 11 is 0. The molecule has 8 fully saturated rings. The lowest BCUT2D eigenvalue weighted by Gasteiger charge is -2.38. The number of rotatable bonds is 1. The van der Waals surface area contributed by atoms with Gasteiger partial charge in [-0.25, -0.2) is 4.39 Å². The molecule has 0 aromatic heterocycles. The van der Waals surface area contributed by atoms with Crippen LogP contribution >= 0.6 is 0 Å². The van der Waals surface area contributed by atoms with Crippen LogP contribution in [0.15, 0.2) is 12.3 Å². The molecule has 8 aliphatic rings. The summed E-state index contributed by atoms with van der Waals surface area (Å²) in [5, 5.41) is 9.22. The standard InChI is InChI=1S/C11H20N2O.C11H21NO.2C10H19NO.C9H17NO2.C9H17NO.C8H14FNO.C8H15NO.2CH4/c1-8(12)9-5-6-13(7-9)10(14)11(2,3)4;1-9-5-7-12(8-6-9)10(13)11(2,3)4;2*1-10(2,3)9(12)11-7-5-4-6-8-11;1-9(2,3)8(12)10-5-4-7(11)6-10;1-9(2,3)8(11)10-6-4-5-7-10;1-8(2,3)7(11)10-4-6(9)5-10;1-8(2,3)7(10)9-5-4-6-9;;/h9H,1,5-7,12H2,2-4H3;9H,5-8H2,1-4H3;2*4-8H2,1-3H3;7,11H,4-6H2,1-3H3;4-7H2,1-3H3;6H,4-5H2,1-3H3;4-6H2,1-3H3;2*1H4. The smallest absolute Gasteiger partial charge is 0.228 e. The van der Waals surface area contributed by atoms with Gasteiger partial charge in [-0.2, -0.15) is 0 Å². The minimum atomic E-state index is -0.790. The number of carbonyl (C=O) groups is 8. The summed E-state index contributed by atoms with van der Waals surface area (Å²) in [5.41, 5.74) is 4.40. The van der Waals surface area contributed by atoms with Crippen molar-refractivity contribution in [1.29, 1.82) is 0 Å². The molecule has 2 unspecified atom stereocenters. The van der Waals surface area contributed by atoms with Crippen LogP contribution in [-0.4, -0.2) is 209 Å². The van der Waals surface area contributed by atoms with Crippen LogP contribution in [0.3, 0.4) is 0 Å². The van der Waals surface area contributed by atoms with Crippen molar-refractivity contribution < 1.29 is 47.9 Å². The van der Waals surface area contributed by atoms with Crippen LogP contribution < -0.4 is 5.73 Å². The van der Waals surface area contributed by atoms with E-state index in [9.17, 15) is 47.9 Å². The summed E-state index contributed by atoms with van der Waals surface area (Å²) < 4.78 is 12.3. The zero-order valence-electron chi connectivity index (χ0n) is 65.3. The Hall–Kier alpha value is -4.81. The number of β-amino-alcohol motifs (C(OH)–C–C–N with tert-alkyl or cyclic N) is 1. The fourth-order valence-corrected chi connectivity index (χ4v) is 11.4. The van der Waals surface area contributed by atoms with Crippen molar-refractivity contribution in [3.05, 3.63) is 12.3 Å². The first-order valence-corrected chi connectivity index (χ1v) is 36.2. The molecule has 0 spiro atoms. The zero-order valence-corrected chi connectivity index (χ0v) is 65.3. The van der Waals surface area contributed by atoms with E-state index >= 15 is 0 Å². The highest BCUT2D eigenvalue weighted by atomic mass is 19.1. The maximum atomic E-state index is 12.3. The average Bonchev–Trinajstić information content (AvgIpc) is 1.87. The summed E-state index contributed by atoms with van der Waals surface area (Å²) in [4.78, 5) is 108. The third-order valence-electron chi connectivity index (χ3n) is 17.6. The maximum absolute atomic E-state index is 12.3. The summed E-state index contributed by atoms with van der Waals surface area (Å²) in [5.74, 6) is 2.99. The van der Waals surface area contributed by atoms with Gasteiger partial charge >= 0.3 is 0 Å². The number of carbonyl (C=O) groups excluding carboxylic acids is 8. The van der Waals surface area contributed by atoms with Gasteiger partial charge in [-0.1, -0.05) is 195 Å². The molecule has 0 aromatic rings. The minimum Gasteiger partial charge on any atom is -0.402 e. The molecule has 8 saturated heterocycles. The van der Waals surface area contributed by atoms with Crippen molar-refractivity contribution in [2.75, 3.05) is 105 Å². The molecule has 3 N–H and O–H groups in total. The monoisotopic (exact) mass is 1380 g/mol. The SMILES string of the molecule is C.C.C=C(N)C1CCN(C(=O)C(C)(C)C)C1.CC(C)(C)C(=O)N1CC(F)C1.CC(C)(C)C(=O)N1CCC(O)C1.CC(C)(C)C(=O)N1CCC1.CC(C)(C)C(=O)N1CCCC1.CC(C)(C)C(=O)N1CCCCC1.CC(C)(C)C(=O)N1CCCCC1.CC1CCN(C(=O)C(C)(C)C)CC1. The van der Waals surface area contributed by atoms with Gasteiger partial charge < -0.3 is 50.0 Å². The van der Waals surface area contributed by atoms with E-state index in [2.05, 4.69) is 13.5 Å². The minimum absolute atomic E-state index is 0. The van der Waals surface area contributed by atoms with Crippen LogP contribution in [0, 0.1) is 55.2 Å². The van der Waals surface area contributed by atoms with Crippen LogP contribution in [-0.2, 0) is 38.4 Å². The normalized spacial score (nSPS) is 20.2. The number of nitrogens with two attached hydrogens (primary N) is 1. The van der Waals surface area contributed by atoms with Crippen LogP contribution in [0.4, 0.5) is 4.39 Å². The van der Waals surface area contributed by atoms with Gasteiger partial charge in [0.2, 0.25) is 47.3 Å². The molecule has 19 heteroatoms.